The highest BCUT2D eigenvalue weighted by Gasteiger charge is 2.24. The number of nitrogens with zero attached hydrogens (tertiary/aromatic N) is 2. The molecule has 2 aliphatic rings. The van der Waals surface area contributed by atoms with E-state index in [2.05, 4.69) is 26.5 Å². The van der Waals surface area contributed by atoms with Gasteiger partial charge < -0.3 is 15.5 Å². The van der Waals surface area contributed by atoms with E-state index in [1.54, 1.807) is 0 Å². The Hall–Kier alpha value is -1.95. The molecule has 32 heavy (non-hydrogen) atoms. The van der Waals surface area contributed by atoms with Crippen LogP contribution >= 0.6 is 23.2 Å². The predicted octanol–water partition coefficient (Wildman–Crippen LogP) is 5.89. The van der Waals surface area contributed by atoms with Crippen molar-refractivity contribution < 1.29 is 4.79 Å². The van der Waals surface area contributed by atoms with Crippen molar-refractivity contribution in [2.45, 2.75) is 38.1 Å². The van der Waals surface area contributed by atoms with E-state index in [1.165, 1.54) is 19.3 Å². The van der Waals surface area contributed by atoms with Crippen LogP contribution in [-0.2, 0) is 0 Å². The number of carbonyl (C=O) groups excluding carboxylic acids is 1. The number of nitrogens with one attached hydrogen (secondary N) is 2. The van der Waals surface area contributed by atoms with Crippen molar-refractivity contribution in [1.29, 1.82) is 0 Å². The molecule has 1 aliphatic heterocycles. The van der Waals surface area contributed by atoms with E-state index in [9.17, 15) is 4.79 Å². The van der Waals surface area contributed by atoms with E-state index in [0.717, 1.165) is 62.9 Å². The third-order valence-electron chi connectivity index (χ3n) is 6.71. The van der Waals surface area contributed by atoms with Gasteiger partial charge in [-0.1, -0.05) is 47.5 Å². The number of hydrogen-bond acceptors (Lipinski definition) is 3. The first-order valence-corrected chi connectivity index (χ1v) is 12.4. The van der Waals surface area contributed by atoms with Gasteiger partial charge in [-0.15, -0.1) is 0 Å². The van der Waals surface area contributed by atoms with Gasteiger partial charge in [-0.3, -0.25) is 4.90 Å². The Morgan fingerprint density at radius 3 is 2.34 bits per heavy atom. The smallest absolute Gasteiger partial charge is 0.319 e. The quantitative estimate of drug-likeness (QED) is 0.548. The van der Waals surface area contributed by atoms with Gasteiger partial charge >= 0.3 is 6.03 Å². The SMILES string of the molecule is O=C(Nc1ccccc1)NC1CCC(CCN2CCN(c3cccc(Cl)c3Cl)CC2)CC1. The average Bonchev–Trinajstić information content (AvgIpc) is 2.81. The largest absolute Gasteiger partial charge is 0.368 e. The number of urea groups is 1. The summed E-state index contributed by atoms with van der Waals surface area (Å²) in [5.74, 6) is 0.755. The standard InChI is InChI=1S/C25H32Cl2N4O/c26-22-7-4-8-23(24(22)27)31-17-15-30(16-18-31)14-13-19-9-11-21(12-10-19)29-25(32)28-20-5-2-1-3-6-20/h1-8,19,21H,9-18H2,(H2,28,29,32). The second kappa shape index (κ2) is 11.3. The molecule has 1 heterocycles. The lowest BCUT2D eigenvalue weighted by Gasteiger charge is -2.37. The van der Waals surface area contributed by atoms with Crippen LogP contribution in [0.25, 0.3) is 0 Å². The van der Waals surface area contributed by atoms with Crippen LogP contribution in [0, 0.1) is 5.92 Å². The van der Waals surface area contributed by atoms with Crippen LogP contribution in [0.5, 0.6) is 0 Å². The summed E-state index contributed by atoms with van der Waals surface area (Å²) in [5.41, 5.74) is 1.87. The van der Waals surface area contributed by atoms with Gasteiger partial charge in [0.2, 0.25) is 0 Å². The van der Waals surface area contributed by atoms with Gasteiger partial charge in [0.25, 0.3) is 0 Å². The van der Waals surface area contributed by atoms with E-state index in [4.69, 9.17) is 23.2 Å². The summed E-state index contributed by atoms with van der Waals surface area (Å²) in [6, 6.07) is 15.6. The monoisotopic (exact) mass is 474 g/mol. The molecule has 1 saturated heterocycles. The van der Waals surface area contributed by atoms with E-state index in [1.807, 2.05) is 42.5 Å². The maximum Gasteiger partial charge on any atom is 0.319 e. The van der Waals surface area contributed by atoms with Crippen molar-refractivity contribution in [3.8, 4) is 0 Å². The number of rotatable bonds is 6. The summed E-state index contributed by atoms with van der Waals surface area (Å²) in [7, 11) is 0. The van der Waals surface area contributed by atoms with Crippen LogP contribution in [0.2, 0.25) is 10.0 Å². The normalized spacial score (nSPS) is 21.9. The fraction of sp³-hybridized carbons (Fsp3) is 0.480. The zero-order valence-electron chi connectivity index (χ0n) is 18.4. The van der Waals surface area contributed by atoms with Crippen LogP contribution in [0.1, 0.15) is 32.1 Å². The Bertz CT molecular complexity index is 879. The van der Waals surface area contributed by atoms with Gasteiger partial charge in [-0.25, -0.2) is 4.79 Å². The van der Waals surface area contributed by atoms with Crippen LogP contribution in [0.15, 0.2) is 48.5 Å². The summed E-state index contributed by atoms with van der Waals surface area (Å²) in [5, 5.41) is 7.33. The van der Waals surface area contributed by atoms with Gasteiger partial charge in [0, 0.05) is 37.9 Å². The van der Waals surface area contributed by atoms with E-state index in [0.29, 0.717) is 10.0 Å². The lowest BCUT2D eigenvalue weighted by molar-refractivity contribution is 0.208. The van der Waals surface area contributed by atoms with Gasteiger partial charge in [-0.2, -0.15) is 0 Å². The number of piperazine rings is 1. The summed E-state index contributed by atoms with van der Waals surface area (Å²) in [4.78, 5) is 17.1. The number of para-hydroxylation sites is 1. The highest BCUT2D eigenvalue weighted by atomic mass is 35.5. The number of halogens is 2. The third-order valence-corrected chi connectivity index (χ3v) is 7.52. The lowest BCUT2D eigenvalue weighted by Crippen LogP contribution is -2.47. The Balaban J connectivity index is 1.13. The number of amides is 2. The molecule has 2 amide bonds. The molecule has 1 saturated carbocycles. The summed E-state index contributed by atoms with van der Waals surface area (Å²) < 4.78 is 0. The molecule has 7 heteroatoms. The average molecular weight is 475 g/mol. The number of anilines is 2. The van der Waals surface area contributed by atoms with Crippen molar-refractivity contribution in [3.63, 3.8) is 0 Å². The van der Waals surface area contributed by atoms with Crippen LogP contribution in [-0.4, -0.2) is 49.7 Å². The summed E-state index contributed by atoms with van der Waals surface area (Å²) >= 11 is 12.6. The van der Waals surface area contributed by atoms with Crippen molar-refractivity contribution >= 4 is 40.6 Å². The Labute approximate surface area is 201 Å². The molecule has 0 atom stereocenters. The maximum absolute atomic E-state index is 12.2. The van der Waals surface area contributed by atoms with Crippen molar-refractivity contribution in [2.75, 3.05) is 42.9 Å². The Morgan fingerprint density at radius 2 is 1.62 bits per heavy atom. The molecule has 0 unspecified atom stereocenters. The molecule has 1 aliphatic carbocycles. The van der Waals surface area contributed by atoms with Crippen molar-refractivity contribution in [3.05, 3.63) is 58.6 Å². The topological polar surface area (TPSA) is 47.6 Å². The summed E-state index contributed by atoms with van der Waals surface area (Å²) in [6.07, 6.45) is 5.74. The molecule has 0 radical (unpaired) electrons. The van der Waals surface area contributed by atoms with Gasteiger partial charge in [0.05, 0.1) is 15.7 Å². The number of hydrogen-bond donors (Lipinski definition) is 2. The van der Waals surface area contributed by atoms with Crippen molar-refractivity contribution in [2.24, 2.45) is 5.92 Å². The van der Waals surface area contributed by atoms with E-state index >= 15 is 0 Å². The molecule has 0 bridgehead atoms. The molecule has 2 aromatic rings. The molecule has 0 aromatic heterocycles. The van der Waals surface area contributed by atoms with Crippen LogP contribution in [0.3, 0.4) is 0 Å². The van der Waals surface area contributed by atoms with Gasteiger partial charge in [0.1, 0.15) is 0 Å². The van der Waals surface area contributed by atoms with Crippen LogP contribution < -0.4 is 15.5 Å². The highest BCUT2D eigenvalue weighted by molar-refractivity contribution is 6.43. The van der Waals surface area contributed by atoms with E-state index < -0.39 is 0 Å². The Kier molecular flexibility index (Phi) is 8.17. The highest BCUT2D eigenvalue weighted by Crippen LogP contribution is 2.33. The molecule has 0 spiro atoms. The minimum atomic E-state index is -0.0997. The molecule has 4 rings (SSSR count). The molecule has 2 N–H and O–H groups in total. The van der Waals surface area contributed by atoms with Gasteiger partial charge in [-0.05, 0) is 68.8 Å². The molecule has 2 aromatic carbocycles. The number of benzene rings is 2. The van der Waals surface area contributed by atoms with Crippen molar-refractivity contribution in [1.82, 2.24) is 10.2 Å². The molecular weight excluding hydrogens is 443 g/mol. The fourth-order valence-electron chi connectivity index (χ4n) is 4.78. The lowest BCUT2D eigenvalue weighted by atomic mass is 9.84. The maximum atomic E-state index is 12.2. The summed E-state index contributed by atoms with van der Waals surface area (Å²) in [6.45, 7) is 5.22. The second-order valence-corrected chi connectivity index (χ2v) is 9.66. The van der Waals surface area contributed by atoms with Gasteiger partial charge in [0.15, 0.2) is 0 Å². The fourth-order valence-corrected chi connectivity index (χ4v) is 5.20. The minimum Gasteiger partial charge on any atom is -0.368 e. The first kappa shape index (κ1) is 23.2. The molecule has 5 nitrogen and oxygen atoms in total. The predicted molar refractivity (Wildman–Crippen MR) is 134 cm³/mol. The molecular formula is C25H32Cl2N4O. The second-order valence-electron chi connectivity index (χ2n) is 8.87. The molecule has 172 valence electrons. The minimum absolute atomic E-state index is 0.0997. The first-order valence-electron chi connectivity index (χ1n) is 11.6. The Morgan fingerprint density at radius 1 is 0.906 bits per heavy atom. The van der Waals surface area contributed by atoms with Crippen LogP contribution in [0.4, 0.5) is 16.2 Å². The zero-order valence-corrected chi connectivity index (χ0v) is 19.9. The zero-order chi connectivity index (χ0) is 22.3. The molecule has 2 fully saturated rings. The van der Waals surface area contributed by atoms with E-state index in [-0.39, 0.29) is 12.1 Å². The first-order chi connectivity index (χ1) is 15.6. The number of carbonyl (C=O) groups is 1. The third kappa shape index (κ3) is 6.31.